The second kappa shape index (κ2) is 2.76. The van der Waals surface area contributed by atoms with Gasteiger partial charge in [0.05, 0.1) is 5.56 Å². The molecule has 0 aliphatic rings. The molecule has 0 fully saturated rings. The summed E-state index contributed by atoms with van der Waals surface area (Å²) in [5.74, 6) is 0. The number of benzene rings is 1. The third-order valence-corrected chi connectivity index (χ3v) is 3.54. The van der Waals surface area contributed by atoms with Gasteiger partial charge in [-0.2, -0.15) is 5.26 Å². The molecule has 0 saturated heterocycles. The van der Waals surface area contributed by atoms with Crippen molar-refractivity contribution in [2.45, 2.75) is 4.90 Å². The van der Waals surface area contributed by atoms with Gasteiger partial charge in [-0.25, -0.2) is 0 Å². The zero-order valence-electron chi connectivity index (χ0n) is 6.86. The Hall–Kier alpha value is -0.560. The number of hydrogen-bond acceptors (Lipinski definition) is 1. The van der Waals surface area contributed by atoms with Gasteiger partial charge in [-0.3, -0.25) is 0 Å². The average molecular weight is 355 g/mol. The van der Waals surface area contributed by atoms with E-state index >= 15 is 0 Å². The van der Waals surface area contributed by atoms with E-state index in [4.69, 9.17) is 5.26 Å². The van der Waals surface area contributed by atoms with Crippen LogP contribution >= 0.6 is 32.8 Å². The highest BCUT2D eigenvalue weighted by molar-refractivity contribution is 14.1. The molecule has 1 rings (SSSR count). The van der Waals surface area contributed by atoms with E-state index in [1.54, 1.807) is 6.07 Å². The molecule has 0 radical (unpaired) electrons. The van der Waals surface area contributed by atoms with Crippen LogP contribution < -0.4 is 0 Å². The molecule has 0 aliphatic carbocycles. The minimum Gasteiger partial charge on any atom is -0.192 e. The van der Waals surface area contributed by atoms with Crippen LogP contribution in [0.25, 0.3) is 0 Å². The van der Waals surface area contributed by atoms with Crippen molar-refractivity contribution in [3.63, 3.8) is 0 Å². The van der Waals surface area contributed by atoms with Gasteiger partial charge in [0.25, 0.3) is 0 Å². The van der Waals surface area contributed by atoms with Crippen LogP contribution in [0.5, 0.6) is 0 Å². The molecule has 0 aromatic heterocycles. The first-order valence-electron chi connectivity index (χ1n) is 3.38. The minimum atomic E-state index is -9.62. The van der Waals surface area contributed by atoms with Crippen LogP contribution in [0.2, 0.25) is 0 Å². The molecular weight excluding hydrogens is 352 g/mol. The topological polar surface area (TPSA) is 23.8 Å². The van der Waals surface area contributed by atoms with E-state index in [0.29, 0.717) is 0 Å². The van der Waals surface area contributed by atoms with Gasteiger partial charge in [0.1, 0.15) is 11.0 Å². The van der Waals surface area contributed by atoms with Crippen molar-refractivity contribution >= 4 is 32.8 Å². The molecule has 0 atom stereocenters. The zero-order chi connectivity index (χ0) is 12.0. The van der Waals surface area contributed by atoms with Gasteiger partial charge in [0.2, 0.25) is 0 Å². The van der Waals surface area contributed by atoms with Gasteiger partial charge in [0, 0.05) is 3.57 Å². The SMILES string of the molecule is N#Cc1ccc(S(F)(F)(F)(F)F)cc1I. The summed E-state index contributed by atoms with van der Waals surface area (Å²) in [6.07, 6.45) is 0. The molecular formula is C7H3F5INS. The van der Waals surface area contributed by atoms with Crippen LogP contribution in [-0.2, 0) is 0 Å². The van der Waals surface area contributed by atoms with Crippen LogP contribution in [0, 0.1) is 14.9 Å². The Kier molecular flexibility index (Phi) is 2.30. The summed E-state index contributed by atoms with van der Waals surface area (Å²) in [6, 6.07) is 2.83. The number of nitriles is 1. The van der Waals surface area contributed by atoms with E-state index in [1.807, 2.05) is 0 Å². The summed E-state index contributed by atoms with van der Waals surface area (Å²) in [6.45, 7) is 0. The molecule has 0 heterocycles. The third kappa shape index (κ3) is 2.94. The molecule has 0 amide bonds. The van der Waals surface area contributed by atoms with E-state index in [2.05, 4.69) is 0 Å². The van der Waals surface area contributed by atoms with E-state index in [-0.39, 0.29) is 21.3 Å². The lowest BCUT2D eigenvalue weighted by Crippen LogP contribution is -2.06. The molecule has 0 bridgehead atoms. The summed E-state index contributed by atoms with van der Waals surface area (Å²) in [5, 5.41) is 8.43. The molecule has 0 N–H and O–H groups in total. The van der Waals surface area contributed by atoms with Crippen molar-refractivity contribution in [2.24, 2.45) is 0 Å². The zero-order valence-corrected chi connectivity index (χ0v) is 9.83. The first-order valence-corrected chi connectivity index (χ1v) is 6.41. The van der Waals surface area contributed by atoms with Gasteiger partial charge >= 0.3 is 10.2 Å². The Morgan fingerprint density at radius 1 is 1.13 bits per heavy atom. The molecule has 1 aromatic carbocycles. The van der Waals surface area contributed by atoms with Crippen molar-refractivity contribution < 1.29 is 19.4 Å². The highest BCUT2D eigenvalue weighted by Gasteiger charge is 2.65. The number of halogens is 6. The molecule has 8 heteroatoms. The molecule has 15 heavy (non-hydrogen) atoms. The van der Waals surface area contributed by atoms with E-state index in [0.717, 1.165) is 6.07 Å². The van der Waals surface area contributed by atoms with Crippen LogP contribution in [-0.4, -0.2) is 0 Å². The van der Waals surface area contributed by atoms with E-state index < -0.39 is 15.1 Å². The summed E-state index contributed by atoms with van der Waals surface area (Å²) in [7, 11) is -9.62. The van der Waals surface area contributed by atoms with Crippen molar-refractivity contribution in [3.8, 4) is 6.07 Å². The second-order valence-electron chi connectivity index (χ2n) is 2.72. The molecule has 0 aliphatic heterocycles. The monoisotopic (exact) mass is 355 g/mol. The molecule has 84 valence electrons. The van der Waals surface area contributed by atoms with Crippen LogP contribution in [0.4, 0.5) is 19.4 Å². The number of hydrogen-bond donors (Lipinski definition) is 0. The quantitative estimate of drug-likeness (QED) is 0.524. The fourth-order valence-electron chi connectivity index (χ4n) is 0.826. The van der Waals surface area contributed by atoms with Gasteiger partial charge in [0.15, 0.2) is 0 Å². The Labute approximate surface area is 95.8 Å². The summed E-state index contributed by atoms with van der Waals surface area (Å²) in [5.41, 5.74) is -0.0683. The maximum atomic E-state index is 12.3. The second-order valence-corrected chi connectivity index (χ2v) is 6.29. The lowest BCUT2D eigenvalue weighted by molar-refractivity contribution is 0.364. The van der Waals surface area contributed by atoms with Crippen molar-refractivity contribution in [3.05, 3.63) is 27.3 Å². The van der Waals surface area contributed by atoms with Gasteiger partial charge in [-0.15, -0.1) is 0 Å². The van der Waals surface area contributed by atoms with Crippen molar-refractivity contribution in [2.75, 3.05) is 0 Å². The minimum absolute atomic E-state index is 0.0683. The van der Waals surface area contributed by atoms with E-state index in [1.165, 1.54) is 22.6 Å². The van der Waals surface area contributed by atoms with Gasteiger partial charge in [-0.05, 0) is 40.8 Å². The Morgan fingerprint density at radius 2 is 1.67 bits per heavy atom. The Bertz CT molecular complexity index is 460. The molecule has 0 spiro atoms. The smallest absolute Gasteiger partial charge is 0.192 e. The van der Waals surface area contributed by atoms with Gasteiger partial charge < -0.3 is 0 Å². The Morgan fingerprint density at radius 3 is 2.00 bits per heavy atom. The fraction of sp³-hybridized carbons (Fsp3) is 0. The highest BCUT2D eigenvalue weighted by Crippen LogP contribution is 3.02. The fourth-order valence-corrected chi connectivity index (χ4v) is 2.34. The number of rotatable bonds is 1. The Balaban J connectivity index is 3.47. The standard InChI is InChI=1S/C7H3F5INS/c8-15(9,10,11,12)6-2-1-5(4-14)7(13)3-6/h1-3H. The highest BCUT2D eigenvalue weighted by atomic mass is 127. The first-order chi connectivity index (χ1) is 6.44. The molecule has 0 unspecified atom stereocenters. The summed E-state index contributed by atoms with van der Waals surface area (Å²) >= 11 is 1.40. The third-order valence-electron chi connectivity index (χ3n) is 1.51. The largest absolute Gasteiger partial charge is 0.310 e. The predicted molar refractivity (Wildman–Crippen MR) is 55.3 cm³/mol. The van der Waals surface area contributed by atoms with Crippen molar-refractivity contribution in [1.82, 2.24) is 0 Å². The molecule has 1 aromatic rings. The predicted octanol–water partition coefficient (Wildman–Crippen LogP) is 4.82. The molecule has 0 saturated carbocycles. The normalized spacial score (nSPS) is 16.3. The lowest BCUT2D eigenvalue weighted by atomic mass is 10.2. The van der Waals surface area contributed by atoms with Crippen LogP contribution in [0.3, 0.4) is 0 Å². The average Bonchev–Trinajstić information content (AvgIpc) is 2.00. The van der Waals surface area contributed by atoms with Crippen LogP contribution in [0.1, 0.15) is 5.56 Å². The van der Waals surface area contributed by atoms with E-state index in [9.17, 15) is 19.4 Å². The van der Waals surface area contributed by atoms with Gasteiger partial charge in [-0.1, -0.05) is 19.4 Å². The molecule has 1 nitrogen and oxygen atoms in total. The number of nitrogens with zero attached hydrogens (tertiary/aromatic N) is 1. The maximum Gasteiger partial charge on any atom is 0.310 e. The lowest BCUT2D eigenvalue weighted by Gasteiger charge is -2.40. The summed E-state index contributed by atoms with van der Waals surface area (Å²) < 4.78 is 61.2. The first kappa shape index (κ1) is 12.5. The summed E-state index contributed by atoms with van der Waals surface area (Å²) in [4.78, 5) is -1.97. The maximum absolute atomic E-state index is 12.3. The van der Waals surface area contributed by atoms with Crippen LogP contribution in [0.15, 0.2) is 23.1 Å². The van der Waals surface area contributed by atoms with Crippen molar-refractivity contribution in [1.29, 1.82) is 5.26 Å².